The van der Waals surface area contributed by atoms with Crippen molar-refractivity contribution in [2.75, 3.05) is 7.05 Å². The van der Waals surface area contributed by atoms with Crippen LogP contribution in [-0.4, -0.2) is 28.2 Å². The maximum atomic E-state index is 12.3. The largest absolute Gasteiger partial charge is 0.467 e. The first kappa shape index (κ1) is 14.9. The lowest BCUT2D eigenvalue weighted by atomic mass is 10.4. The van der Waals surface area contributed by atoms with Crippen LogP contribution in [0.1, 0.15) is 17.4 Å². The second-order valence-corrected chi connectivity index (χ2v) is 3.96. The quantitative estimate of drug-likeness (QED) is 0.584. The Bertz CT molecular complexity index is 589. The highest BCUT2D eigenvalue weighted by Gasteiger charge is 2.35. The Balaban J connectivity index is 1.84. The first-order valence-electron chi connectivity index (χ1n) is 5.94. The van der Waals surface area contributed by atoms with E-state index < -0.39 is 12.0 Å². The summed E-state index contributed by atoms with van der Waals surface area (Å²) in [5, 5.41) is 11.1. The van der Waals surface area contributed by atoms with Crippen molar-refractivity contribution in [3.8, 4) is 0 Å². The Morgan fingerprint density at radius 1 is 1.38 bits per heavy atom. The highest BCUT2D eigenvalue weighted by molar-refractivity contribution is 5.79. The van der Waals surface area contributed by atoms with Gasteiger partial charge in [0.1, 0.15) is 11.6 Å². The van der Waals surface area contributed by atoms with Gasteiger partial charge in [-0.25, -0.2) is 4.98 Å². The number of alkyl halides is 3. The Morgan fingerprint density at radius 2 is 2.14 bits per heavy atom. The lowest BCUT2D eigenvalue weighted by molar-refractivity contribution is -0.144. The van der Waals surface area contributed by atoms with Gasteiger partial charge in [0, 0.05) is 7.05 Å². The predicted octanol–water partition coefficient (Wildman–Crippen LogP) is 1.28. The number of rotatable bonds is 4. The number of hydrogen-bond donors (Lipinski definition) is 3. The van der Waals surface area contributed by atoms with Crippen molar-refractivity contribution in [2.45, 2.75) is 19.3 Å². The van der Waals surface area contributed by atoms with E-state index in [1.165, 1.54) is 0 Å². The monoisotopic (exact) mass is 302 g/mol. The number of aromatic nitrogens is 3. The molecule has 0 aromatic carbocycles. The molecule has 0 atom stereocenters. The van der Waals surface area contributed by atoms with Crippen LogP contribution >= 0.6 is 0 Å². The molecule has 2 heterocycles. The number of nitrogens with one attached hydrogen (secondary N) is 3. The fourth-order valence-corrected chi connectivity index (χ4v) is 1.47. The van der Waals surface area contributed by atoms with Crippen molar-refractivity contribution in [3.05, 3.63) is 35.8 Å². The van der Waals surface area contributed by atoms with Gasteiger partial charge in [0.25, 0.3) is 5.82 Å². The summed E-state index contributed by atoms with van der Waals surface area (Å²) in [5.74, 6) is -0.0329. The second kappa shape index (κ2) is 6.29. The summed E-state index contributed by atoms with van der Waals surface area (Å²) < 4.78 is 42.1. The van der Waals surface area contributed by atoms with Gasteiger partial charge in [-0.2, -0.15) is 13.2 Å². The van der Waals surface area contributed by atoms with Gasteiger partial charge in [-0.1, -0.05) is 0 Å². The number of furan rings is 1. The smallest absolute Gasteiger partial charge is 0.453 e. The van der Waals surface area contributed by atoms with Crippen LogP contribution in [0.2, 0.25) is 0 Å². The van der Waals surface area contributed by atoms with Crippen LogP contribution in [0.3, 0.4) is 0 Å². The SMILES string of the molecule is CN=C(NCc1nc(C(F)(F)F)n[nH]1)NCc1ccco1. The van der Waals surface area contributed by atoms with Gasteiger partial charge >= 0.3 is 6.18 Å². The molecule has 0 unspecified atom stereocenters. The molecule has 3 N–H and O–H groups in total. The first-order valence-corrected chi connectivity index (χ1v) is 5.94. The van der Waals surface area contributed by atoms with E-state index in [-0.39, 0.29) is 12.4 Å². The van der Waals surface area contributed by atoms with Gasteiger partial charge in [-0.05, 0) is 12.1 Å². The molecular formula is C11H13F3N6O. The van der Waals surface area contributed by atoms with E-state index in [4.69, 9.17) is 4.42 Å². The van der Waals surface area contributed by atoms with Gasteiger partial charge < -0.3 is 15.1 Å². The summed E-state index contributed by atoms with van der Waals surface area (Å²) in [5.41, 5.74) is 0. The van der Waals surface area contributed by atoms with Crippen LogP contribution in [-0.2, 0) is 19.3 Å². The van der Waals surface area contributed by atoms with Crippen LogP contribution < -0.4 is 10.6 Å². The molecule has 21 heavy (non-hydrogen) atoms. The molecule has 0 saturated carbocycles. The molecular weight excluding hydrogens is 289 g/mol. The Morgan fingerprint density at radius 3 is 2.71 bits per heavy atom. The topological polar surface area (TPSA) is 91.1 Å². The minimum absolute atomic E-state index is 0.0287. The van der Waals surface area contributed by atoms with Gasteiger partial charge in [-0.3, -0.25) is 10.1 Å². The molecule has 10 heteroatoms. The fraction of sp³-hybridized carbons (Fsp3) is 0.364. The summed E-state index contributed by atoms with van der Waals surface area (Å²) >= 11 is 0. The number of H-pyrrole nitrogens is 1. The van der Waals surface area contributed by atoms with Crippen LogP contribution in [0.25, 0.3) is 0 Å². The molecule has 2 aromatic rings. The normalized spacial score (nSPS) is 12.5. The number of nitrogens with zero attached hydrogens (tertiary/aromatic N) is 3. The maximum absolute atomic E-state index is 12.3. The number of aliphatic imine (C=N–C) groups is 1. The van der Waals surface area contributed by atoms with Crippen molar-refractivity contribution in [2.24, 2.45) is 4.99 Å². The molecule has 0 radical (unpaired) electrons. The molecule has 0 aliphatic carbocycles. The number of aromatic amines is 1. The lowest BCUT2D eigenvalue weighted by Gasteiger charge is -2.09. The minimum Gasteiger partial charge on any atom is -0.467 e. The summed E-state index contributed by atoms with van der Waals surface area (Å²) in [6.45, 7) is 0.428. The average molecular weight is 302 g/mol. The Labute approximate surface area is 117 Å². The summed E-state index contributed by atoms with van der Waals surface area (Å²) in [6, 6.07) is 3.53. The van der Waals surface area contributed by atoms with E-state index in [9.17, 15) is 13.2 Å². The first-order chi connectivity index (χ1) is 9.99. The van der Waals surface area contributed by atoms with Gasteiger partial charge in [-0.15, -0.1) is 5.10 Å². The average Bonchev–Trinajstić information content (AvgIpc) is 3.09. The third kappa shape index (κ3) is 4.23. The fourth-order valence-electron chi connectivity index (χ4n) is 1.47. The lowest BCUT2D eigenvalue weighted by Crippen LogP contribution is -2.36. The van der Waals surface area contributed by atoms with Crippen LogP contribution in [0.15, 0.2) is 27.8 Å². The third-order valence-corrected chi connectivity index (χ3v) is 2.44. The van der Waals surface area contributed by atoms with Gasteiger partial charge in [0.15, 0.2) is 5.96 Å². The van der Waals surface area contributed by atoms with E-state index in [1.54, 1.807) is 25.4 Å². The van der Waals surface area contributed by atoms with E-state index in [0.717, 1.165) is 0 Å². The predicted molar refractivity (Wildman–Crippen MR) is 67.1 cm³/mol. The van der Waals surface area contributed by atoms with Crippen molar-refractivity contribution >= 4 is 5.96 Å². The molecule has 0 amide bonds. The summed E-state index contributed by atoms with van der Waals surface area (Å²) in [6.07, 6.45) is -3.02. The van der Waals surface area contributed by atoms with E-state index in [2.05, 4.69) is 30.8 Å². The Kier molecular flexibility index (Phi) is 4.45. The molecule has 0 spiro atoms. The van der Waals surface area contributed by atoms with Gasteiger partial charge in [0.05, 0.1) is 19.4 Å². The second-order valence-electron chi connectivity index (χ2n) is 3.96. The summed E-state index contributed by atoms with van der Waals surface area (Å²) in [4.78, 5) is 7.27. The zero-order valence-corrected chi connectivity index (χ0v) is 11.0. The number of guanidine groups is 1. The van der Waals surface area contributed by atoms with Crippen molar-refractivity contribution in [1.82, 2.24) is 25.8 Å². The minimum atomic E-state index is -4.56. The maximum Gasteiger partial charge on any atom is 0.453 e. The Hall–Kier alpha value is -2.52. The highest BCUT2D eigenvalue weighted by atomic mass is 19.4. The van der Waals surface area contributed by atoms with E-state index in [1.807, 2.05) is 0 Å². The molecule has 7 nitrogen and oxygen atoms in total. The van der Waals surface area contributed by atoms with Crippen molar-refractivity contribution in [1.29, 1.82) is 0 Å². The van der Waals surface area contributed by atoms with Crippen LogP contribution in [0.5, 0.6) is 0 Å². The standard InChI is InChI=1S/C11H13F3N6O/c1-15-10(16-5-7-3-2-4-21-7)17-6-8-18-9(20-19-8)11(12,13)14/h2-4H,5-6H2,1H3,(H2,15,16,17)(H,18,19,20). The third-order valence-electron chi connectivity index (χ3n) is 2.44. The summed E-state index contributed by atoms with van der Waals surface area (Å²) in [7, 11) is 1.54. The molecule has 0 aliphatic heterocycles. The molecule has 0 fully saturated rings. The van der Waals surface area contributed by atoms with Crippen LogP contribution in [0.4, 0.5) is 13.2 Å². The molecule has 2 rings (SSSR count). The van der Waals surface area contributed by atoms with Gasteiger partial charge in [0.2, 0.25) is 0 Å². The van der Waals surface area contributed by atoms with Crippen molar-refractivity contribution in [3.63, 3.8) is 0 Å². The molecule has 0 aliphatic rings. The van der Waals surface area contributed by atoms with E-state index in [0.29, 0.717) is 18.3 Å². The molecule has 114 valence electrons. The van der Waals surface area contributed by atoms with E-state index >= 15 is 0 Å². The molecule has 0 bridgehead atoms. The van der Waals surface area contributed by atoms with Crippen LogP contribution in [0, 0.1) is 0 Å². The highest BCUT2D eigenvalue weighted by Crippen LogP contribution is 2.25. The van der Waals surface area contributed by atoms with Crippen molar-refractivity contribution < 1.29 is 17.6 Å². The number of hydrogen-bond acceptors (Lipinski definition) is 4. The molecule has 2 aromatic heterocycles. The zero-order chi connectivity index (χ0) is 15.3. The zero-order valence-electron chi connectivity index (χ0n) is 11.0. The molecule has 0 saturated heterocycles. The number of halogens is 3.